The molecule has 142 valence electrons. The Labute approximate surface area is 161 Å². The Morgan fingerprint density at radius 1 is 0.926 bits per heavy atom. The third-order valence-electron chi connectivity index (χ3n) is 5.10. The molecule has 5 heteroatoms. The number of hydrogen-bond donors (Lipinski definition) is 1. The van der Waals surface area contributed by atoms with Crippen molar-refractivity contribution in [3.8, 4) is 0 Å². The number of carbonyl (C=O) groups excluding carboxylic acids is 2. The summed E-state index contributed by atoms with van der Waals surface area (Å²) in [5, 5.41) is 2.93. The molecular weight excluding hydrogens is 338 g/mol. The van der Waals surface area contributed by atoms with Crippen molar-refractivity contribution in [1.82, 2.24) is 9.80 Å². The van der Waals surface area contributed by atoms with E-state index in [9.17, 15) is 9.59 Å². The number of anilines is 1. The van der Waals surface area contributed by atoms with Gasteiger partial charge in [0.1, 0.15) is 0 Å². The van der Waals surface area contributed by atoms with E-state index in [1.165, 1.54) is 0 Å². The molecular formula is C22H27N3O2. The number of benzene rings is 2. The summed E-state index contributed by atoms with van der Waals surface area (Å²) in [5.74, 6) is -0.150. The molecule has 2 aromatic rings. The largest absolute Gasteiger partial charge is 0.336 e. The summed E-state index contributed by atoms with van der Waals surface area (Å²) in [5.41, 5.74) is 2.82. The minimum atomic E-state index is -0.172. The van der Waals surface area contributed by atoms with E-state index in [0.29, 0.717) is 22.9 Å². The fraction of sp³-hybridized carbons (Fsp3) is 0.364. The molecule has 1 saturated heterocycles. The average Bonchev–Trinajstić information content (AvgIpc) is 2.69. The van der Waals surface area contributed by atoms with Crippen molar-refractivity contribution in [2.75, 3.05) is 31.5 Å². The van der Waals surface area contributed by atoms with Crippen LogP contribution in [0.2, 0.25) is 0 Å². The third kappa shape index (κ3) is 4.55. The molecule has 0 atom stereocenters. The van der Waals surface area contributed by atoms with Crippen LogP contribution in [0.25, 0.3) is 0 Å². The van der Waals surface area contributed by atoms with Crippen molar-refractivity contribution in [3.63, 3.8) is 0 Å². The highest BCUT2D eigenvalue weighted by molar-refractivity contribution is 6.05. The molecule has 0 radical (unpaired) electrons. The van der Waals surface area contributed by atoms with Crippen molar-refractivity contribution < 1.29 is 9.59 Å². The van der Waals surface area contributed by atoms with Gasteiger partial charge in [0, 0.05) is 49.0 Å². The van der Waals surface area contributed by atoms with Crippen molar-refractivity contribution >= 4 is 17.5 Å². The van der Waals surface area contributed by atoms with Gasteiger partial charge in [0.05, 0.1) is 0 Å². The molecule has 2 amide bonds. The number of aryl methyl sites for hydroxylation is 1. The van der Waals surface area contributed by atoms with Gasteiger partial charge in [-0.1, -0.05) is 24.3 Å². The zero-order chi connectivity index (χ0) is 19.4. The summed E-state index contributed by atoms with van der Waals surface area (Å²) in [6.07, 6.45) is 0. The van der Waals surface area contributed by atoms with Crippen LogP contribution in [0.1, 0.15) is 40.1 Å². The summed E-state index contributed by atoms with van der Waals surface area (Å²) < 4.78 is 0. The van der Waals surface area contributed by atoms with E-state index in [1.807, 2.05) is 42.2 Å². The van der Waals surface area contributed by atoms with E-state index in [-0.39, 0.29) is 11.8 Å². The molecule has 1 aliphatic rings. The number of rotatable bonds is 4. The van der Waals surface area contributed by atoms with E-state index in [0.717, 1.165) is 31.7 Å². The zero-order valence-electron chi connectivity index (χ0n) is 16.2. The molecule has 1 N–H and O–H groups in total. The summed E-state index contributed by atoms with van der Waals surface area (Å²) in [6, 6.07) is 15.1. The Balaban J connectivity index is 1.71. The Bertz CT molecular complexity index is 810. The maximum atomic E-state index is 12.9. The van der Waals surface area contributed by atoms with Crippen molar-refractivity contribution in [2.24, 2.45) is 0 Å². The normalized spacial score (nSPS) is 15.0. The third-order valence-corrected chi connectivity index (χ3v) is 5.10. The lowest BCUT2D eigenvalue weighted by molar-refractivity contribution is 0.0595. The minimum Gasteiger partial charge on any atom is -0.336 e. The average molecular weight is 365 g/mol. The molecule has 0 unspecified atom stereocenters. The first-order chi connectivity index (χ1) is 13.0. The molecule has 0 aromatic heterocycles. The van der Waals surface area contributed by atoms with E-state index < -0.39 is 0 Å². The SMILES string of the molecule is Cc1ccc(C(=O)N2CCN(C(C)C)CC2)cc1NC(=O)c1ccccc1. The Morgan fingerprint density at radius 2 is 1.59 bits per heavy atom. The topological polar surface area (TPSA) is 52.7 Å². The Kier molecular flexibility index (Phi) is 5.91. The Hall–Kier alpha value is -2.66. The summed E-state index contributed by atoms with van der Waals surface area (Å²) in [4.78, 5) is 29.6. The monoisotopic (exact) mass is 365 g/mol. The molecule has 0 bridgehead atoms. The van der Waals surface area contributed by atoms with Gasteiger partial charge >= 0.3 is 0 Å². The van der Waals surface area contributed by atoms with Crippen LogP contribution in [0, 0.1) is 6.92 Å². The number of nitrogens with zero attached hydrogens (tertiary/aromatic N) is 2. The van der Waals surface area contributed by atoms with Crippen molar-refractivity contribution in [3.05, 3.63) is 65.2 Å². The highest BCUT2D eigenvalue weighted by Crippen LogP contribution is 2.20. The molecule has 5 nitrogen and oxygen atoms in total. The van der Waals surface area contributed by atoms with Gasteiger partial charge < -0.3 is 10.2 Å². The summed E-state index contributed by atoms with van der Waals surface area (Å²) in [6.45, 7) is 9.54. The Morgan fingerprint density at radius 3 is 2.22 bits per heavy atom. The first-order valence-electron chi connectivity index (χ1n) is 9.46. The van der Waals surface area contributed by atoms with Gasteiger partial charge in [-0.25, -0.2) is 0 Å². The summed E-state index contributed by atoms with van der Waals surface area (Å²) >= 11 is 0. The van der Waals surface area contributed by atoms with Crippen molar-refractivity contribution in [2.45, 2.75) is 26.8 Å². The quantitative estimate of drug-likeness (QED) is 0.903. The van der Waals surface area contributed by atoms with Crippen LogP contribution in [0.4, 0.5) is 5.69 Å². The van der Waals surface area contributed by atoms with Gasteiger partial charge in [-0.15, -0.1) is 0 Å². The number of nitrogens with one attached hydrogen (secondary N) is 1. The smallest absolute Gasteiger partial charge is 0.255 e. The zero-order valence-corrected chi connectivity index (χ0v) is 16.2. The molecule has 3 rings (SSSR count). The number of hydrogen-bond acceptors (Lipinski definition) is 3. The molecule has 1 aliphatic heterocycles. The second-order valence-corrected chi connectivity index (χ2v) is 7.27. The van der Waals surface area contributed by atoms with Crippen LogP contribution in [0.3, 0.4) is 0 Å². The van der Waals surface area contributed by atoms with Crippen LogP contribution in [-0.4, -0.2) is 53.8 Å². The number of amides is 2. The fourth-order valence-corrected chi connectivity index (χ4v) is 3.30. The standard InChI is InChI=1S/C22H27N3O2/c1-16(2)24-11-13-25(14-12-24)22(27)19-10-9-17(3)20(15-19)23-21(26)18-7-5-4-6-8-18/h4-10,15-16H,11-14H2,1-3H3,(H,23,26). The lowest BCUT2D eigenvalue weighted by atomic mass is 10.1. The molecule has 0 spiro atoms. The first kappa shape index (κ1) is 19.1. The molecule has 2 aromatic carbocycles. The van der Waals surface area contributed by atoms with E-state index >= 15 is 0 Å². The number of carbonyl (C=O) groups is 2. The predicted molar refractivity (Wildman–Crippen MR) is 108 cm³/mol. The maximum absolute atomic E-state index is 12.9. The van der Waals surface area contributed by atoms with E-state index in [2.05, 4.69) is 24.1 Å². The second-order valence-electron chi connectivity index (χ2n) is 7.27. The maximum Gasteiger partial charge on any atom is 0.255 e. The second kappa shape index (κ2) is 8.35. The molecule has 1 fully saturated rings. The van der Waals surface area contributed by atoms with E-state index in [4.69, 9.17) is 0 Å². The van der Waals surface area contributed by atoms with Crippen LogP contribution in [0.5, 0.6) is 0 Å². The van der Waals surface area contributed by atoms with Gasteiger partial charge in [0.25, 0.3) is 11.8 Å². The van der Waals surface area contributed by atoms with Gasteiger partial charge in [0.15, 0.2) is 0 Å². The van der Waals surface area contributed by atoms with Crippen LogP contribution < -0.4 is 5.32 Å². The summed E-state index contributed by atoms with van der Waals surface area (Å²) in [7, 11) is 0. The van der Waals surface area contributed by atoms with Gasteiger partial charge in [-0.05, 0) is 50.6 Å². The molecule has 0 aliphatic carbocycles. The highest BCUT2D eigenvalue weighted by atomic mass is 16.2. The van der Waals surface area contributed by atoms with E-state index in [1.54, 1.807) is 18.2 Å². The van der Waals surface area contributed by atoms with Crippen LogP contribution >= 0.6 is 0 Å². The molecule has 0 saturated carbocycles. The minimum absolute atomic E-state index is 0.0219. The fourth-order valence-electron chi connectivity index (χ4n) is 3.30. The van der Waals surface area contributed by atoms with Gasteiger partial charge in [-0.2, -0.15) is 0 Å². The number of piperazine rings is 1. The van der Waals surface area contributed by atoms with Crippen LogP contribution in [0.15, 0.2) is 48.5 Å². The van der Waals surface area contributed by atoms with Crippen LogP contribution in [-0.2, 0) is 0 Å². The lowest BCUT2D eigenvalue weighted by Gasteiger charge is -2.37. The van der Waals surface area contributed by atoms with Gasteiger partial charge in [0.2, 0.25) is 0 Å². The highest BCUT2D eigenvalue weighted by Gasteiger charge is 2.23. The van der Waals surface area contributed by atoms with Gasteiger partial charge in [-0.3, -0.25) is 14.5 Å². The lowest BCUT2D eigenvalue weighted by Crippen LogP contribution is -2.50. The molecule has 1 heterocycles. The predicted octanol–water partition coefficient (Wildman–Crippen LogP) is 3.41. The van der Waals surface area contributed by atoms with Crippen molar-refractivity contribution in [1.29, 1.82) is 0 Å². The first-order valence-corrected chi connectivity index (χ1v) is 9.46. The molecule has 27 heavy (non-hydrogen) atoms.